The molecule has 4 rings (SSSR count). The number of hydrogen-bond acceptors (Lipinski definition) is 5. The van der Waals surface area contributed by atoms with E-state index >= 15 is 0 Å². The Kier molecular flexibility index (Phi) is 4.48. The predicted molar refractivity (Wildman–Crippen MR) is 101 cm³/mol. The van der Waals surface area contributed by atoms with E-state index in [0.29, 0.717) is 12.4 Å². The van der Waals surface area contributed by atoms with Gasteiger partial charge in [0.15, 0.2) is 0 Å². The number of hydrogen-bond donors (Lipinski definition) is 1. The lowest BCUT2D eigenvalue weighted by molar-refractivity contribution is 0.378. The predicted octanol–water partition coefficient (Wildman–Crippen LogP) is 2.85. The van der Waals surface area contributed by atoms with Gasteiger partial charge >= 0.3 is 5.76 Å². The van der Waals surface area contributed by atoms with Crippen LogP contribution in [0.1, 0.15) is 30.2 Å². The Morgan fingerprint density at radius 1 is 1.04 bits per heavy atom. The minimum atomic E-state index is -0.384. The highest BCUT2D eigenvalue weighted by atomic mass is 16.4. The molecule has 0 aliphatic carbocycles. The maximum atomic E-state index is 12.1. The van der Waals surface area contributed by atoms with Gasteiger partial charge in [-0.3, -0.25) is 0 Å². The summed E-state index contributed by atoms with van der Waals surface area (Å²) in [7, 11) is 0. The molecule has 0 unspecified atom stereocenters. The first-order valence-electron chi connectivity index (χ1n) is 8.91. The number of aromatic nitrogens is 2. The third-order valence-corrected chi connectivity index (χ3v) is 4.90. The zero-order valence-electron chi connectivity index (χ0n) is 14.5. The maximum absolute atomic E-state index is 12.1. The van der Waals surface area contributed by atoms with Gasteiger partial charge in [-0.1, -0.05) is 30.3 Å². The smallest absolute Gasteiger partial charge is 0.399 e. The van der Waals surface area contributed by atoms with Crippen molar-refractivity contribution in [2.24, 2.45) is 0 Å². The van der Waals surface area contributed by atoms with E-state index in [1.807, 2.05) is 54.6 Å². The number of nitrogens with two attached hydrogens (primary N) is 1. The van der Waals surface area contributed by atoms with Crippen LogP contribution in [0.5, 0.6) is 0 Å². The molecule has 1 aliphatic rings. The minimum Gasteiger partial charge on any atom is -0.399 e. The van der Waals surface area contributed by atoms with E-state index in [-0.39, 0.29) is 11.7 Å². The number of nitrogens with zero attached hydrogens (tertiary/aromatic N) is 3. The van der Waals surface area contributed by atoms with E-state index in [1.165, 1.54) is 10.4 Å². The molecule has 0 atom stereocenters. The van der Waals surface area contributed by atoms with Crippen LogP contribution in [0.25, 0.3) is 0 Å². The molecule has 6 heteroatoms. The van der Waals surface area contributed by atoms with Crippen molar-refractivity contribution in [3.63, 3.8) is 0 Å². The summed E-state index contributed by atoms with van der Waals surface area (Å²) in [6.45, 7) is 2.25. The normalized spacial score (nSPS) is 15.3. The number of rotatable bonds is 4. The largest absolute Gasteiger partial charge is 0.437 e. The molecule has 2 heterocycles. The van der Waals surface area contributed by atoms with Gasteiger partial charge in [-0.05, 0) is 42.7 Å². The summed E-state index contributed by atoms with van der Waals surface area (Å²) in [5.41, 5.74) is 8.74. The van der Waals surface area contributed by atoms with Crippen molar-refractivity contribution < 1.29 is 4.42 Å². The lowest BCUT2D eigenvalue weighted by atomic mass is 9.96. The van der Waals surface area contributed by atoms with Gasteiger partial charge in [-0.2, -0.15) is 4.68 Å². The molecule has 3 aromatic rings. The highest BCUT2D eigenvalue weighted by molar-refractivity contribution is 5.53. The summed E-state index contributed by atoms with van der Waals surface area (Å²) >= 11 is 0. The van der Waals surface area contributed by atoms with Gasteiger partial charge in [0.1, 0.15) is 0 Å². The Hall–Kier alpha value is -3.02. The van der Waals surface area contributed by atoms with Crippen LogP contribution in [0.15, 0.2) is 63.8 Å². The number of benzene rings is 2. The molecule has 0 spiro atoms. The average molecular weight is 350 g/mol. The first-order valence-corrected chi connectivity index (χ1v) is 8.91. The molecule has 0 saturated carbocycles. The zero-order valence-corrected chi connectivity index (χ0v) is 14.5. The van der Waals surface area contributed by atoms with Crippen LogP contribution in [-0.2, 0) is 6.54 Å². The third kappa shape index (κ3) is 3.49. The fraction of sp³-hybridized carbons (Fsp3) is 0.300. The molecule has 6 nitrogen and oxygen atoms in total. The fourth-order valence-electron chi connectivity index (χ4n) is 3.41. The number of anilines is 2. The van der Waals surface area contributed by atoms with E-state index in [2.05, 4.69) is 10.00 Å². The Morgan fingerprint density at radius 2 is 1.73 bits per heavy atom. The third-order valence-electron chi connectivity index (χ3n) is 4.90. The quantitative estimate of drug-likeness (QED) is 0.732. The summed E-state index contributed by atoms with van der Waals surface area (Å²) in [4.78, 5) is 14.4. The van der Waals surface area contributed by atoms with Crippen LogP contribution in [0.4, 0.5) is 11.4 Å². The van der Waals surface area contributed by atoms with E-state index in [0.717, 1.165) is 37.2 Å². The van der Waals surface area contributed by atoms with E-state index < -0.39 is 0 Å². The Balaban J connectivity index is 1.42. The van der Waals surface area contributed by atoms with Gasteiger partial charge in [0.05, 0.1) is 6.54 Å². The van der Waals surface area contributed by atoms with Crippen molar-refractivity contribution in [1.29, 1.82) is 0 Å². The van der Waals surface area contributed by atoms with Crippen molar-refractivity contribution in [3.05, 3.63) is 76.6 Å². The standard InChI is InChI=1S/C20H22N4O2/c21-17-6-8-18(9-7-17)23-12-10-16(11-13-23)19-22-24(20(25)26-19)14-15-4-2-1-3-5-15/h1-9,16H,10-14,21H2. The summed E-state index contributed by atoms with van der Waals surface area (Å²) in [6, 6.07) is 17.8. The molecule has 26 heavy (non-hydrogen) atoms. The van der Waals surface area contributed by atoms with Crippen molar-refractivity contribution in [1.82, 2.24) is 9.78 Å². The molecular weight excluding hydrogens is 328 g/mol. The average Bonchev–Trinajstić information content (AvgIpc) is 3.04. The second kappa shape index (κ2) is 7.07. The SMILES string of the molecule is Nc1ccc(N2CCC(c3nn(Cc4ccccc4)c(=O)o3)CC2)cc1. The lowest BCUT2D eigenvalue weighted by Crippen LogP contribution is -2.33. The van der Waals surface area contributed by atoms with Crippen LogP contribution in [0.3, 0.4) is 0 Å². The van der Waals surface area contributed by atoms with Gasteiger partial charge in [-0.25, -0.2) is 4.79 Å². The minimum absolute atomic E-state index is 0.185. The first-order chi connectivity index (χ1) is 12.7. The summed E-state index contributed by atoms with van der Waals surface area (Å²) in [5, 5.41) is 4.44. The van der Waals surface area contributed by atoms with Crippen LogP contribution in [0, 0.1) is 0 Å². The van der Waals surface area contributed by atoms with Crippen molar-refractivity contribution in [3.8, 4) is 0 Å². The van der Waals surface area contributed by atoms with Crippen LogP contribution in [0.2, 0.25) is 0 Å². The fourth-order valence-corrected chi connectivity index (χ4v) is 3.41. The lowest BCUT2D eigenvalue weighted by Gasteiger charge is -2.32. The van der Waals surface area contributed by atoms with E-state index in [9.17, 15) is 4.79 Å². The van der Waals surface area contributed by atoms with Gasteiger partial charge in [-0.15, -0.1) is 5.10 Å². The molecule has 1 aromatic heterocycles. The topological polar surface area (TPSA) is 77.3 Å². The molecule has 0 amide bonds. The molecule has 0 radical (unpaired) electrons. The molecule has 0 bridgehead atoms. The van der Waals surface area contributed by atoms with Crippen molar-refractivity contribution >= 4 is 11.4 Å². The highest BCUT2D eigenvalue weighted by Crippen LogP contribution is 2.29. The van der Waals surface area contributed by atoms with Gasteiger partial charge in [0.25, 0.3) is 0 Å². The summed E-state index contributed by atoms with van der Waals surface area (Å²) in [6.07, 6.45) is 1.82. The van der Waals surface area contributed by atoms with Gasteiger partial charge < -0.3 is 15.1 Å². The highest BCUT2D eigenvalue weighted by Gasteiger charge is 2.25. The molecule has 1 saturated heterocycles. The van der Waals surface area contributed by atoms with Gasteiger partial charge in [0.2, 0.25) is 5.89 Å². The zero-order chi connectivity index (χ0) is 17.9. The second-order valence-electron chi connectivity index (χ2n) is 6.70. The number of piperidine rings is 1. The second-order valence-corrected chi connectivity index (χ2v) is 6.70. The first kappa shape index (κ1) is 16.4. The Morgan fingerprint density at radius 3 is 2.42 bits per heavy atom. The van der Waals surface area contributed by atoms with Crippen molar-refractivity contribution in [2.75, 3.05) is 23.7 Å². The van der Waals surface area contributed by atoms with Crippen LogP contribution >= 0.6 is 0 Å². The van der Waals surface area contributed by atoms with Crippen LogP contribution < -0.4 is 16.4 Å². The molecule has 1 fully saturated rings. The Labute approximate surface area is 151 Å². The van der Waals surface area contributed by atoms with E-state index in [1.54, 1.807) is 0 Å². The van der Waals surface area contributed by atoms with Gasteiger partial charge in [0, 0.05) is 30.4 Å². The molecule has 2 N–H and O–H groups in total. The van der Waals surface area contributed by atoms with Crippen LogP contribution in [-0.4, -0.2) is 22.9 Å². The Bertz CT molecular complexity index is 907. The molecule has 1 aliphatic heterocycles. The van der Waals surface area contributed by atoms with E-state index in [4.69, 9.17) is 10.2 Å². The summed E-state index contributed by atoms with van der Waals surface area (Å²) in [5.74, 6) is 0.359. The molecule has 134 valence electrons. The number of nitrogen functional groups attached to an aromatic ring is 1. The van der Waals surface area contributed by atoms with Crippen molar-refractivity contribution in [2.45, 2.75) is 25.3 Å². The molecular formula is C20H22N4O2. The summed E-state index contributed by atoms with van der Waals surface area (Å²) < 4.78 is 6.86. The molecule has 2 aromatic carbocycles. The monoisotopic (exact) mass is 350 g/mol. The maximum Gasteiger partial charge on any atom is 0.437 e.